The van der Waals surface area contributed by atoms with E-state index in [2.05, 4.69) is 18.0 Å². The molecule has 2 aromatic rings. The van der Waals surface area contributed by atoms with E-state index in [-0.39, 0.29) is 24.9 Å². The molecule has 0 N–H and O–H groups in total. The molecule has 0 amide bonds. The molecule has 2 aromatic carbocycles. The van der Waals surface area contributed by atoms with E-state index in [0.29, 0.717) is 12.2 Å². The van der Waals surface area contributed by atoms with E-state index in [0.717, 1.165) is 35.6 Å². The van der Waals surface area contributed by atoms with Gasteiger partial charge in [-0.25, -0.2) is 0 Å². The third-order valence-corrected chi connectivity index (χ3v) is 5.46. The van der Waals surface area contributed by atoms with Crippen LogP contribution in [0.1, 0.15) is 42.2 Å². The predicted octanol–water partition coefficient (Wildman–Crippen LogP) is 3.65. The lowest BCUT2D eigenvalue weighted by molar-refractivity contribution is -0.147. The van der Waals surface area contributed by atoms with Crippen molar-refractivity contribution < 1.29 is 23.7 Å². The first-order chi connectivity index (χ1) is 13.6. The number of likely N-dealkylation sites (N-methyl/N-ethyl adjacent to an activating group) is 1. The van der Waals surface area contributed by atoms with Gasteiger partial charge in [0.15, 0.2) is 11.5 Å². The highest BCUT2D eigenvalue weighted by molar-refractivity contribution is 5.66. The van der Waals surface area contributed by atoms with Crippen LogP contribution in [0.5, 0.6) is 17.2 Å². The Labute approximate surface area is 165 Å². The average molecular weight is 383 g/mol. The minimum atomic E-state index is -0.341. The van der Waals surface area contributed by atoms with E-state index in [9.17, 15) is 4.79 Å². The van der Waals surface area contributed by atoms with Gasteiger partial charge in [-0.2, -0.15) is 0 Å². The molecule has 6 heteroatoms. The van der Waals surface area contributed by atoms with Crippen LogP contribution in [0.15, 0.2) is 36.4 Å². The lowest BCUT2D eigenvalue weighted by Crippen LogP contribution is -2.34. The molecule has 0 fully saturated rings. The van der Waals surface area contributed by atoms with Gasteiger partial charge in [-0.05, 0) is 30.7 Å². The minimum Gasteiger partial charge on any atom is -0.492 e. The summed E-state index contributed by atoms with van der Waals surface area (Å²) in [5.74, 6) is 1.82. The van der Waals surface area contributed by atoms with E-state index in [1.807, 2.05) is 30.3 Å². The van der Waals surface area contributed by atoms with Crippen LogP contribution in [0.4, 0.5) is 0 Å². The standard InChI is InChI=1S/C22H25NO5/c1-14(24)28-18(15-7-5-4-6-8-15)12-17-20-16(9-10-23(17)2)11-19-21(22(20)25-3)27-13-26-19/h4-8,11,17-18H,9-10,12-13H2,1-3H3/t17-,18-/m0/s1. The van der Waals surface area contributed by atoms with Crippen LogP contribution in [-0.2, 0) is 16.0 Å². The van der Waals surface area contributed by atoms with Crippen LogP contribution in [-0.4, -0.2) is 38.4 Å². The SMILES string of the molecule is COc1c2c(cc3c1[C@H](C[C@H](OC(C)=O)c1ccccc1)N(C)CC3)OCO2. The van der Waals surface area contributed by atoms with Crippen molar-refractivity contribution in [2.75, 3.05) is 27.5 Å². The first-order valence-corrected chi connectivity index (χ1v) is 9.50. The van der Waals surface area contributed by atoms with Crippen LogP contribution in [0, 0.1) is 0 Å². The number of methoxy groups -OCH3 is 1. The van der Waals surface area contributed by atoms with Gasteiger partial charge < -0.3 is 18.9 Å². The molecule has 0 aromatic heterocycles. The highest BCUT2D eigenvalue weighted by Crippen LogP contribution is 2.51. The normalized spacial score (nSPS) is 19.0. The van der Waals surface area contributed by atoms with Gasteiger partial charge in [0.25, 0.3) is 0 Å². The Morgan fingerprint density at radius 2 is 2.07 bits per heavy atom. The molecule has 4 rings (SSSR count). The van der Waals surface area contributed by atoms with Crippen LogP contribution < -0.4 is 14.2 Å². The Kier molecular flexibility index (Phi) is 5.13. The average Bonchev–Trinajstić information content (AvgIpc) is 3.16. The lowest BCUT2D eigenvalue weighted by atomic mass is 9.87. The topological polar surface area (TPSA) is 57.2 Å². The van der Waals surface area contributed by atoms with E-state index < -0.39 is 0 Å². The Morgan fingerprint density at radius 1 is 1.29 bits per heavy atom. The molecule has 2 heterocycles. The summed E-state index contributed by atoms with van der Waals surface area (Å²) in [5, 5.41) is 0. The molecule has 148 valence electrons. The van der Waals surface area contributed by atoms with Gasteiger partial charge in [-0.15, -0.1) is 0 Å². The van der Waals surface area contributed by atoms with Crippen molar-refractivity contribution in [2.45, 2.75) is 31.9 Å². The minimum absolute atomic E-state index is 0.0257. The summed E-state index contributed by atoms with van der Waals surface area (Å²) < 4.78 is 22.7. The maximum Gasteiger partial charge on any atom is 0.303 e. The Bertz CT molecular complexity index is 867. The predicted molar refractivity (Wildman–Crippen MR) is 104 cm³/mol. The van der Waals surface area contributed by atoms with Crippen molar-refractivity contribution in [3.8, 4) is 17.2 Å². The zero-order valence-electron chi connectivity index (χ0n) is 16.4. The first kappa shape index (κ1) is 18.6. The summed E-state index contributed by atoms with van der Waals surface area (Å²) in [4.78, 5) is 14.1. The van der Waals surface area contributed by atoms with Gasteiger partial charge in [-0.1, -0.05) is 30.3 Å². The van der Waals surface area contributed by atoms with Crippen LogP contribution in [0.2, 0.25) is 0 Å². The summed E-state index contributed by atoms with van der Waals surface area (Å²) in [6.45, 7) is 2.56. The van der Waals surface area contributed by atoms with Gasteiger partial charge in [-0.3, -0.25) is 9.69 Å². The molecule has 2 aliphatic heterocycles. The number of fused-ring (bicyclic) bond motifs is 2. The molecular weight excluding hydrogens is 358 g/mol. The molecule has 0 spiro atoms. The molecule has 0 aliphatic carbocycles. The molecule has 2 atom stereocenters. The molecule has 0 unspecified atom stereocenters. The second-order valence-electron chi connectivity index (χ2n) is 7.21. The van der Waals surface area contributed by atoms with E-state index in [1.165, 1.54) is 12.5 Å². The number of carbonyl (C=O) groups excluding carboxylic acids is 1. The number of benzene rings is 2. The number of rotatable bonds is 5. The van der Waals surface area contributed by atoms with Crippen molar-refractivity contribution in [3.05, 3.63) is 53.1 Å². The highest BCUT2D eigenvalue weighted by atomic mass is 16.7. The van der Waals surface area contributed by atoms with Crippen LogP contribution in [0.25, 0.3) is 0 Å². The summed E-state index contributed by atoms with van der Waals surface area (Å²) >= 11 is 0. The van der Waals surface area contributed by atoms with E-state index >= 15 is 0 Å². The summed E-state index contributed by atoms with van der Waals surface area (Å²) in [6.07, 6.45) is 1.19. The molecule has 28 heavy (non-hydrogen) atoms. The summed E-state index contributed by atoms with van der Waals surface area (Å²) in [6, 6.07) is 12.0. The molecule has 0 saturated carbocycles. The zero-order valence-corrected chi connectivity index (χ0v) is 16.4. The number of hydrogen-bond donors (Lipinski definition) is 0. The van der Waals surface area contributed by atoms with Crippen molar-refractivity contribution in [1.29, 1.82) is 0 Å². The quantitative estimate of drug-likeness (QED) is 0.735. The van der Waals surface area contributed by atoms with E-state index in [1.54, 1.807) is 7.11 Å². The van der Waals surface area contributed by atoms with Crippen LogP contribution in [0.3, 0.4) is 0 Å². The monoisotopic (exact) mass is 383 g/mol. The number of esters is 1. The van der Waals surface area contributed by atoms with Crippen molar-refractivity contribution in [2.24, 2.45) is 0 Å². The summed E-state index contributed by atoms with van der Waals surface area (Å²) in [5.41, 5.74) is 3.27. The number of ether oxygens (including phenoxy) is 4. The Morgan fingerprint density at radius 3 is 2.79 bits per heavy atom. The van der Waals surface area contributed by atoms with Crippen molar-refractivity contribution in [1.82, 2.24) is 4.90 Å². The molecule has 0 radical (unpaired) electrons. The molecule has 0 bridgehead atoms. The third kappa shape index (κ3) is 3.40. The molecule has 2 aliphatic rings. The van der Waals surface area contributed by atoms with Crippen LogP contribution >= 0.6 is 0 Å². The van der Waals surface area contributed by atoms with Gasteiger partial charge in [0.2, 0.25) is 12.5 Å². The van der Waals surface area contributed by atoms with Gasteiger partial charge in [0.05, 0.1) is 7.11 Å². The highest BCUT2D eigenvalue weighted by Gasteiger charge is 2.36. The third-order valence-electron chi connectivity index (χ3n) is 5.46. The zero-order chi connectivity index (χ0) is 19.7. The molecular formula is C22H25NO5. The van der Waals surface area contributed by atoms with Gasteiger partial charge in [0.1, 0.15) is 6.10 Å². The van der Waals surface area contributed by atoms with Crippen molar-refractivity contribution in [3.63, 3.8) is 0 Å². The molecule has 6 nitrogen and oxygen atoms in total. The maximum absolute atomic E-state index is 11.8. The fourth-order valence-electron chi connectivity index (χ4n) is 4.15. The number of carbonyl (C=O) groups is 1. The number of nitrogens with zero attached hydrogens (tertiary/aromatic N) is 1. The second kappa shape index (κ2) is 7.72. The van der Waals surface area contributed by atoms with E-state index in [4.69, 9.17) is 18.9 Å². The first-order valence-electron chi connectivity index (χ1n) is 9.50. The fourth-order valence-corrected chi connectivity index (χ4v) is 4.15. The summed E-state index contributed by atoms with van der Waals surface area (Å²) in [7, 11) is 3.75. The Balaban J connectivity index is 1.74. The van der Waals surface area contributed by atoms with Gasteiger partial charge in [0, 0.05) is 31.5 Å². The lowest BCUT2D eigenvalue weighted by Gasteiger charge is -2.37. The molecule has 0 saturated heterocycles. The number of hydrogen-bond acceptors (Lipinski definition) is 6. The smallest absolute Gasteiger partial charge is 0.303 e. The largest absolute Gasteiger partial charge is 0.492 e. The maximum atomic E-state index is 11.8. The second-order valence-corrected chi connectivity index (χ2v) is 7.21. The van der Waals surface area contributed by atoms with Gasteiger partial charge >= 0.3 is 5.97 Å². The fraction of sp³-hybridized carbons (Fsp3) is 0.409. The Hall–Kier alpha value is -2.73. The van der Waals surface area contributed by atoms with Crippen molar-refractivity contribution >= 4 is 5.97 Å².